The van der Waals surface area contributed by atoms with Crippen molar-refractivity contribution in [2.24, 2.45) is 11.8 Å². The van der Waals surface area contributed by atoms with Gasteiger partial charge in [0, 0.05) is 11.8 Å². The van der Waals surface area contributed by atoms with Gasteiger partial charge in [0.1, 0.15) is 16.9 Å². The van der Waals surface area contributed by atoms with E-state index >= 15 is 0 Å². The van der Waals surface area contributed by atoms with Gasteiger partial charge in [-0.2, -0.15) is 0 Å². The van der Waals surface area contributed by atoms with Gasteiger partial charge in [-0.3, -0.25) is 0 Å². The van der Waals surface area contributed by atoms with Gasteiger partial charge < -0.3 is 9.15 Å². The van der Waals surface area contributed by atoms with E-state index in [2.05, 4.69) is 32.9 Å². The molecule has 2 aromatic carbocycles. The van der Waals surface area contributed by atoms with E-state index in [4.69, 9.17) is 9.15 Å². The van der Waals surface area contributed by atoms with Crippen molar-refractivity contribution in [1.82, 2.24) is 0 Å². The molecule has 3 atom stereocenters. The highest BCUT2D eigenvalue weighted by atomic mass is 16.5. The summed E-state index contributed by atoms with van der Waals surface area (Å²) in [6, 6.07) is 12.1. The first-order valence-corrected chi connectivity index (χ1v) is 9.65. The van der Waals surface area contributed by atoms with Crippen molar-refractivity contribution >= 4 is 21.7 Å². The second-order valence-electron chi connectivity index (χ2n) is 8.54. The lowest BCUT2D eigenvalue weighted by atomic mass is 9.63. The van der Waals surface area contributed by atoms with Crippen LogP contribution in [-0.2, 0) is 0 Å². The number of hydrogen-bond donors (Lipinski definition) is 0. The molecule has 3 heteroatoms. The largest absolute Gasteiger partial charge is 0.486 e. The smallest absolute Gasteiger partial charge is 0.343 e. The summed E-state index contributed by atoms with van der Waals surface area (Å²) in [6.45, 7) is 6.63. The normalized spacial score (nSPS) is 27.0. The van der Waals surface area contributed by atoms with E-state index in [-0.39, 0.29) is 17.1 Å². The molecule has 0 saturated heterocycles. The molecule has 1 saturated carbocycles. The van der Waals surface area contributed by atoms with Crippen LogP contribution in [0.3, 0.4) is 0 Å². The molecule has 0 amide bonds. The number of rotatable bonds is 0. The molecule has 5 rings (SSSR count). The summed E-state index contributed by atoms with van der Waals surface area (Å²) in [5.41, 5.74) is 0.877. The van der Waals surface area contributed by atoms with Crippen LogP contribution in [0.5, 0.6) is 5.75 Å². The van der Waals surface area contributed by atoms with Gasteiger partial charge in [-0.25, -0.2) is 4.79 Å². The molecular formula is C23H24O3. The van der Waals surface area contributed by atoms with Gasteiger partial charge in [0.15, 0.2) is 0 Å². The second kappa shape index (κ2) is 5.35. The molecule has 1 unspecified atom stereocenters. The molecule has 134 valence electrons. The number of benzene rings is 2. The third-order valence-electron chi connectivity index (χ3n) is 6.60. The summed E-state index contributed by atoms with van der Waals surface area (Å²) in [6.07, 6.45) is 3.46. The van der Waals surface area contributed by atoms with Crippen LogP contribution in [0.15, 0.2) is 45.6 Å². The molecular weight excluding hydrogens is 324 g/mol. The predicted molar refractivity (Wildman–Crippen MR) is 104 cm³/mol. The van der Waals surface area contributed by atoms with Crippen molar-refractivity contribution in [3.63, 3.8) is 0 Å². The van der Waals surface area contributed by atoms with Gasteiger partial charge in [0.05, 0.1) is 10.9 Å². The SMILES string of the molecule is CC1CCC[C@@H]2[C@@H]1c1c(c3c(ccc4ccccc43)oc1=O)OC2(C)C. The molecule has 1 aliphatic heterocycles. The standard InChI is InChI=1S/C23H24O3/c1-13-7-6-10-16-18(13)20-21(26-23(16,2)3)19-15-9-5-4-8-14(15)11-12-17(19)25-22(20)24/h4-5,8-9,11-13,16,18H,6-7,10H2,1-3H3/t13?,16-,18-/m1/s1. The molecule has 3 nitrogen and oxygen atoms in total. The zero-order valence-corrected chi connectivity index (χ0v) is 15.5. The van der Waals surface area contributed by atoms with Crippen LogP contribution in [0.1, 0.15) is 51.5 Å². The van der Waals surface area contributed by atoms with Crippen LogP contribution in [0.4, 0.5) is 0 Å². The molecule has 26 heavy (non-hydrogen) atoms. The molecule has 1 aromatic heterocycles. The van der Waals surface area contributed by atoms with Crippen molar-refractivity contribution in [3.8, 4) is 5.75 Å². The molecule has 0 spiro atoms. The van der Waals surface area contributed by atoms with Crippen molar-refractivity contribution in [1.29, 1.82) is 0 Å². The maximum Gasteiger partial charge on any atom is 0.343 e. The Labute approximate surface area is 153 Å². The first-order valence-electron chi connectivity index (χ1n) is 9.65. The highest BCUT2D eigenvalue weighted by Crippen LogP contribution is 2.54. The van der Waals surface area contributed by atoms with Gasteiger partial charge in [-0.05, 0) is 43.0 Å². The Kier molecular flexibility index (Phi) is 3.28. The molecule has 0 radical (unpaired) electrons. The van der Waals surface area contributed by atoms with Gasteiger partial charge in [-0.1, -0.05) is 50.1 Å². The van der Waals surface area contributed by atoms with E-state index in [9.17, 15) is 4.79 Å². The van der Waals surface area contributed by atoms with E-state index in [0.29, 0.717) is 17.4 Å². The van der Waals surface area contributed by atoms with E-state index in [0.717, 1.165) is 40.3 Å². The number of ether oxygens (including phenoxy) is 1. The van der Waals surface area contributed by atoms with E-state index < -0.39 is 0 Å². The summed E-state index contributed by atoms with van der Waals surface area (Å²) in [5.74, 6) is 1.79. The Morgan fingerprint density at radius 1 is 1.08 bits per heavy atom. The molecule has 0 N–H and O–H groups in total. The fourth-order valence-electron chi connectivity index (χ4n) is 5.37. The quantitative estimate of drug-likeness (QED) is 0.390. The average Bonchev–Trinajstić information content (AvgIpc) is 2.61. The lowest BCUT2D eigenvalue weighted by molar-refractivity contribution is -0.0197. The minimum atomic E-state index is -0.288. The molecule has 3 aromatic rings. The Balaban J connectivity index is 1.92. The summed E-state index contributed by atoms with van der Waals surface area (Å²) >= 11 is 0. The van der Waals surface area contributed by atoms with Crippen molar-refractivity contribution in [3.05, 3.63) is 52.4 Å². The predicted octanol–water partition coefficient (Wildman–Crippen LogP) is 5.64. The monoisotopic (exact) mass is 348 g/mol. The summed E-state index contributed by atoms with van der Waals surface area (Å²) in [7, 11) is 0. The summed E-state index contributed by atoms with van der Waals surface area (Å²) < 4.78 is 12.4. The first kappa shape index (κ1) is 15.9. The Morgan fingerprint density at radius 3 is 2.73 bits per heavy atom. The molecule has 1 aliphatic carbocycles. The zero-order valence-electron chi connectivity index (χ0n) is 15.5. The van der Waals surface area contributed by atoms with Gasteiger partial charge >= 0.3 is 5.63 Å². The Morgan fingerprint density at radius 2 is 1.88 bits per heavy atom. The Hall–Kier alpha value is -2.29. The lowest BCUT2D eigenvalue weighted by Gasteiger charge is -2.49. The molecule has 2 heterocycles. The molecule has 2 aliphatic rings. The first-order chi connectivity index (χ1) is 12.5. The van der Waals surface area contributed by atoms with Gasteiger partial charge in [0.25, 0.3) is 0 Å². The fourth-order valence-corrected chi connectivity index (χ4v) is 5.37. The third-order valence-corrected chi connectivity index (χ3v) is 6.60. The minimum Gasteiger partial charge on any atom is -0.486 e. The van der Waals surface area contributed by atoms with Crippen molar-refractivity contribution in [2.75, 3.05) is 0 Å². The van der Waals surface area contributed by atoms with Gasteiger partial charge in [0.2, 0.25) is 0 Å². The minimum absolute atomic E-state index is 0.210. The van der Waals surface area contributed by atoms with Crippen LogP contribution in [0.25, 0.3) is 21.7 Å². The van der Waals surface area contributed by atoms with Crippen LogP contribution in [-0.4, -0.2) is 5.60 Å². The van der Waals surface area contributed by atoms with E-state index in [1.54, 1.807) is 0 Å². The lowest BCUT2D eigenvalue weighted by Crippen LogP contribution is -2.49. The number of hydrogen-bond acceptors (Lipinski definition) is 3. The fraction of sp³-hybridized carbons (Fsp3) is 0.435. The second-order valence-corrected chi connectivity index (χ2v) is 8.54. The van der Waals surface area contributed by atoms with E-state index in [1.165, 1.54) is 6.42 Å². The highest BCUT2D eigenvalue weighted by Gasteiger charge is 2.49. The average molecular weight is 348 g/mol. The van der Waals surface area contributed by atoms with Crippen LogP contribution in [0, 0.1) is 11.8 Å². The molecule has 1 fully saturated rings. The maximum absolute atomic E-state index is 13.0. The highest BCUT2D eigenvalue weighted by molar-refractivity contribution is 6.09. The molecule has 0 bridgehead atoms. The van der Waals surface area contributed by atoms with Gasteiger partial charge in [-0.15, -0.1) is 0 Å². The third kappa shape index (κ3) is 2.09. The maximum atomic E-state index is 13.0. The van der Waals surface area contributed by atoms with Crippen molar-refractivity contribution < 1.29 is 9.15 Å². The summed E-state index contributed by atoms with van der Waals surface area (Å²) in [5, 5.41) is 3.17. The van der Waals surface area contributed by atoms with Crippen LogP contribution < -0.4 is 10.4 Å². The summed E-state index contributed by atoms with van der Waals surface area (Å²) in [4.78, 5) is 13.0. The Bertz CT molecular complexity index is 1080. The number of fused-ring (bicyclic) bond motifs is 7. The van der Waals surface area contributed by atoms with Crippen molar-refractivity contribution in [2.45, 2.75) is 51.6 Å². The zero-order chi connectivity index (χ0) is 18.1. The van der Waals surface area contributed by atoms with Crippen LogP contribution >= 0.6 is 0 Å². The van der Waals surface area contributed by atoms with Crippen LogP contribution in [0.2, 0.25) is 0 Å². The van der Waals surface area contributed by atoms with E-state index in [1.807, 2.05) is 24.3 Å². The topological polar surface area (TPSA) is 39.4 Å².